The maximum absolute atomic E-state index is 13.5. The van der Waals surface area contributed by atoms with E-state index in [-0.39, 0.29) is 11.4 Å². The second-order valence-electron chi connectivity index (χ2n) is 4.70. The molecule has 0 amide bonds. The van der Waals surface area contributed by atoms with Gasteiger partial charge in [-0.25, -0.2) is 12.8 Å². The summed E-state index contributed by atoms with van der Waals surface area (Å²) in [4.78, 5) is 0. The zero-order valence-corrected chi connectivity index (χ0v) is 12.4. The lowest BCUT2D eigenvalue weighted by molar-refractivity contribution is 0.566. The van der Waals surface area contributed by atoms with Crippen molar-refractivity contribution in [3.63, 3.8) is 0 Å². The molecule has 108 valence electrons. The Labute approximate surface area is 114 Å². The maximum Gasteiger partial charge on any atom is 0.235 e. The monoisotopic (exact) mass is 288 g/mol. The number of halogens is 1. The number of para-hydroxylation sites is 1. The molecule has 4 nitrogen and oxygen atoms in total. The molecule has 1 aromatic carbocycles. The molecule has 0 unspecified atom stereocenters. The van der Waals surface area contributed by atoms with Gasteiger partial charge in [0.15, 0.2) is 0 Å². The Morgan fingerprint density at radius 2 is 1.95 bits per heavy atom. The van der Waals surface area contributed by atoms with Crippen LogP contribution in [-0.4, -0.2) is 33.8 Å². The molecule has 0 aromatic heterocycles. The molecule has 0 aliphatic carbocycles. The third-order valence-electron chi connectivity index (χ3n) is 2.74. The molecule has 0 fully saturated rings. The van der Waals surface area contributed by atoms with Crippen LogP contribution < -0.4 is 9.62 Å². The molecule has 0 atom stereocenters. The van der Waals surface area contributed by atoms with Crippen LogP contribution in [0, 0.1) is 5.82 Å². The van der Waals surface area contributed by atoms with E-state index >= 15 is 0 Å². The summed E-state index contributed by atoms with van der Waals surface area (Å²) >= 11 is 0. The molecule has 6 heteroatoms. The second-order valence-corrected chi connectivity index (χ2v) is 6.82. The van der Waals surface area contributed by atoms with Crippen LogP contribution in [0.1, 0.15) is 20.3 Å². The summed E-state index contributed by atoms with van der Waals surface area (Å²) in [6.45, 7) is 4.63. The number of benzene rings is 1. The fraction of sp³-hybridized carbons (Fsp3) is 0.538. The first-order valence-electron chi connectivity index (χ1n) is 6.29. The highest BCUT2D eigenvalue weighted by molar-refractivity contribution is 7.92. The van der Waals surface area contributed by atoms with Crippen molar-refractivity contribution < 1.29 is 12.8 Å². The number of rotatable bonds is 7. The second kappa shape index (κ2) is 6.86. The summed E-state index contributed by atoms with van der Waals surface area (Å²) in [7, 11) is -2.10. The van der Waals surface area contributed by atoms with Gasteiger partial charge in [-0.1, -0.05) is 26.0 Å². The van der Waals surface area contributed by atoms with E-state index in [1.165, 1.54) is 25.2 Å². The third kappa shape index (κ3) is 4.80. The molecule has 1 aromatic rings. The summed E-state index contributed by atoms with van der Waals surface area (Å²) in [5.41, 5.74) is 0.0827. The molecule has 1 N–H and O–H groups in total. The van der Waals surface area contributed by atoms with Crippen molar-refractivity contribution in [1.29, 1.82) is 0 Å². The molecule has 0 saturated carbocycles. The number of hydrogen-bond donors (Lipinski definition) is 1. The number of hydrogen-bond acceptors (Lipinski definition) is 3. The summed E-state index contributed by atoms with van der Waals surface area (Å²) in [5, 5.41) is 3.15. The fourth-order valence-electron chi connectivity index (χ4n) is 1.64. The van der Waals surface area contributed by atoms with Crippen molar-refractivity contribution >= 4 is 15.7 Å². The first-order chi connectivity index (χ1) is 8.84. The van der Waals surface area contributed by atoms with Crippen LogP contribution in [0.15, 0.2) is 24.3 Å². The van der Waals surface area contributed by atoms with Gasteiger partial charge in [-0.3, -0.25) is 4.31 Å². The highest BCUT2D eigenvalue weighted by Crippen LogP contribution is 2.20. The van der Waals surface area contributed by atoms with Gasteiger partial charge in [0, 0.05) is 13.1 Å². The average molecular weight is 288 g/mol. The van der Waals surface area contributed by atoms with Gasteiger partial charge in [-0.2, -0.15) is 0 Å². The first kappa shape index (κ1) is 15.9. The Balaban J connectivity index is 2.65. The van der Waals surface area contributed by atoms with Gasteiger partial charge >= 0.3 is 0 Å². The minimum Gasteiger partial charge on any atom is -0.314 e. The summed E-state index contributed by atoms with van der Waals surface area (Å²) < 4.78 is 38.7. The van der Waals surface area contributed by atoms with Gasteiger partial charge in [0.25, 0.3) is 0 Å². The molecule has 1 rings (SSSR count). The zero-order chi connectivity index (χ0) is 14.5. The van der Waals surface area contributed by atoms with Crippen molar-refractivity contribution in [1.82, 2.24) is 5.32 Å². The van der Waals surface area contributed by atoms with Gasteiger partial charge in [-0.15, -0.1) is 0 Å². The Bertz CT molecular complexity index is 503. The number of nitrogens with one attached hydrogen (secondary N) is 1. The standard InChI is InChI=1S/C13H21FN2O2S/c1-11(2)15-9-6-10-19(17,18)16(3)13-8-5-4-7-12(13)14/h4-5,7-8,11,15H,6,9-10H2,1-3H3. The molecule has 0 bridgehead atoms. The number of sulfonamides is 1. The Morgan fingerprint density at radius 3 is 2.53 bits per heavy atom. The molecular weight excluding hydrogens is 267 g/mol. The summed E-state index contributed by atoms with van der Waals surface area (Å²) in [5.74, 6) is -0.536. The van der Waals surface area contributed by atoms with Crippen molar-refractivity contribution in [2.75, 3.05) is 23.7 Å². The van der Waals surface area contributed by atoms with Crippen LogP contribution in [0.5, 0.6) is 0 Å². The van der Waals surface area contributed by atoms with Gasteiger partial charge in [0.1, 0.15) is 5.82 Å². The Kier molecular flexibility index (Phi) is 5.75. The topological polar surface area (TPSA) is 49.4 Å². The molecule has 0 aliphatic heterocycles. The minimum atomic E-state index is -3.48. The van der Waals surface area contributed by atoms with Crippen molar-refractivity contribution in [2.24, 2.45) is 0 Å². The Morgan fingerprint density at radius 1 is 1.32 bits per heavy atom. The van der Waals surface area contributed by atoms with E-state index in [2.05, 4.69) is 5.32 Å². The largest absolute Gasteiger partial charge is 0.314 e. The molecule has 0 saturated heterocycles. The van der Waals surface area contributed by atoms with Crippen molar-refractivity contribution in [3.05, 3.63) is 30.1 Å². The quantitative estimate of drug-likeness (QED) is 0.781. The SMILES string of the molecule is CC(C)NCCCS(=O)(=O)N(C)c1ccccc1F. The molecule has 0 heterocycles. The first-order valence-corrected chi connectivity index (χ1v) is 7.90. The van der Waals surface area contributed by atoms with Crippen LogP contribution in [0.3, 0.4) is 0 Å². The fourth-order valence-corrected chi connectivity index (χ4v) is 2.87. The van der Waals surface area contributed by atoms with Crippen molar-refractivity contribution in [2.45, 2.75) is 26.3 Å². The van der Waals surface area contributed by atoms with Gasteiger partial charge < -0.3 is 5.32 Å². The number of anilines is 1. The van der Waals surface area contributed by atoms with E-state index in [4.69, 9.17) is 0 Å². The lowest BCUT2D eigenvalue weighted by atomic mass is 10.3. The van der Waals surface area contributed by atoms with E-state index in [0.717, 1.165) is 4.31 Å². The summed E-state index contributed by atoms with van der Waals surface area (Å²) in [6.07, 6.45) is 0.499. The molecule has 19 heavy (non-hydrogen) atoms. The molecule has 0 spiro atoms. The third-order valence-corrected chi connectivity index (χ3v) is 4.58. The predicted octanol–water partition coefficient (Wildman–Crippen LogP) is 1.98. The van der Waals surface area contributed by atoms with Crippen LogP contribution in [0.25, 0.3) is 0 Å². The van der Waals surface area contributed by atoms with Gasteiger partial charge in [0.05, 0.1) is 11.4 Å². The smallest absolute Gasteiger partial charge is 0.235 e. The Hall–Kier alpha value is -1.14. The van der Waals surface area contributed by atoms with E-state index in [1.54, 1.807) is 6.07 Å². The van der Waals surface area contributed by atoms with Crippen LogP contribution >= 0.6 is 0 Å². The normalized spacial score (nSPS) is 11.8. The lowest BCUT2D eigenvalue weighted by Gasteiger charge is -2.20. The van der Waals surface area contributed by atoms with E-state index in [1.807, 2.05) is 13.8 Å². The molecule has 0 radical (unpaired) electrons. The van der Waals surface area contributed by atoms with Crippen LogP contribution in [-0.2, 0) is 10.0 Å². The lowest BCUT2D eigenvalue weighted by Crippen LogP contribution is -2.32. The van der Waals surface area contributed by atoms with E-state index in [0.29, 0.717) is 19.0 Å². The summed E-state index contributed by atoms with van der Waals surface area (Å²) in [6, 6.07) is 6.18. The zero-order valence-electron chi connectivity index (χ0n) is 11.6. The van der Waals surface area contributed by atoms with Gasteiger partial charge in [-0.05, 0) is 25.1 Å². The minimum absolute atomic E-state index is 0.00243. The van der Waals surface area contributed by atoms with Gasteiger partial charge in [0.2, 0.25) is 10.0 Å². The molecular formula is C13H21FN2O2S. The van der Waals surface area contributed by atoms with E-state index in [9.17, 15) is 12.8 Å². The van der Waals surface area contributed by atoms with E-state index < -0.39 is 15.8 Å². The van der Waals surface area contributed by atoms with Crippen molar-refractivity contribution in [3.8, 4) is 0 Å². The number of nitrogens with zero attached hydrogens (tertiary/aromatic N) is 1. The van der Waals surface area contributed by atoms with Crippen LogP contribution in [0.4, 0.5) is 10.1 Å². The predicted molar refractivity (Wildman–Crippen MR) is 76.3 cm³/mol. The average Bonchev–Trinajstić information content (AvgIpc) is 2.34. The maximum atomic E-state index is 13.5. The van der Waals surface area contributed by atoms with Crippen LogP contribution in [0.2, 0.25) is 0 Å². The molecule has 0 aliphatic rings. The highest BCUT2D eigenvalue weighted by Gasteiger charge is 2.20. The highest BCUT2D eigenvalue weighted by atomic mass is 32.2.